The van der Waals surface area contributed by atoms with Crippen LogP contribution in [-0.2, 0) is 22.9 Å². The van der Waals surface area contributed by atoms with Crippen molar-refractivity contribution in [2.75, 3.05) is 0 Å². The summed E-state index contributed by atoms with van der Waals surface area (Å²) in [5.41, 5.74) is 1.15. The summed E-state index contributed by atoms with van der Waals surface area (Å²) in [4.78, 5) is 0. The normalized spacial score (nSPS) is 22.1. The fraction of sp³-hybridized carbons (Fsp3) is 0.0769. The molecule has 2 nitrogen and oxygen atoms in total. The van der Waals surface area contributed by atoms with Crippen LogP contribution in [0.5, 0.6) is 5.75 Å². The summed E-state index contributed by atoms with van der Waals surface area (Å²) in [7, 11) is 0. The first-order valence-corrected chi connectivity index (χ1v) is 7.99. The van der Waals surface area contributed by atoms with E-state index in [-0.39, 0.29) is 0 Å². The second kappa shape index (κ2) is 4.26. The third-order valence-corrected chi connectivity index (χ3v) is 5.72. The quantitative estimate of drug-likeness (QED) is 0.774. The Bertz CT molecular complexity index is 583. The van der Waals surface area contributed by atoms with Crippen molar-refractivity contribution in [1.82, 2.24) is 0 Å². The van der Waals surface area contributed by atoms with Crippen LogP contribution < -0.4 is 9.83 Å². The molecule has 4 heteroatoms. The van der Waals surface area contributed by atoms with Crippen LogP contribution in [0.1, 0.15) is 5.56 Å². The minimum atomic E-state index is -2.35. The molecular formula is C13H11O2PS. The Hall–Kier alpha value is -1.15. The zero-order valence-corrected chi connectivity index (χ0v) is 10.8. The molecule has 0 aromatic heterocycles. The van der Waals surface area contributed by atoms with Gasteiger partial charge in [0.1, 0.15) is 5.75 Å². The van der Waals surface area contributed by atoms with Crippen molar-refractivity contribution in [2.45, 2.75) is 6.61 Å². The van der Waals surface area contributed by atoms with Crippen molar-refractivity contribution in [3.8, 4) is 5.75 Å². The van der Waals surface area contributed by atoms with Crippen LogP contribution in [-0.4, -0.2) is 0 Å². The van der Waals surface area contributed by atoms with E-state index in [1.165, 1.54) is 0 Å². The molecule has 0 bridgehead atoms. The largest absolute Gasteiger partial charge is 0.440 e. The van der Waals surface area contributed by atoms with E-state index in [1.807, 2.05) is 54.6 Å². The number of fused-ring (bicyclic) bond motifs is 1. The van der Waals surface area contributed by atoms with Gasteiger partial charge in [-0.15, -0.1) is 0 Å². The van der Waals surface area contributed by atoms with Gasteiger partial charge in [-0.1, -0.05) is 36.4 Å². The van der Waals surface area contributed by atoms with Crippen LogP contribution in [0.2, 0.25) is 0 Å². The molecule has 3 rings (SSSR count). The summed E-state index contributed by atoms with van der Waals surface area (Å²) < 4.78 is 11.6. The molecule has 1 unspecified atom stereocenters. The predicted octanol–water partition coefficient (Wildman–Crippen LogP) is 3.23. The lowest BCUT2D eigenvalue weighted by Gasteiger charge is -2.17. The monoisotopic (exact) mass is 262 g/mol. The lowest BCUT2D eigenvalue weighted by atomic mass is 10.2. The molecule has 0 fully saturated rings. The smallest absolute Gasteiger partial charge is 0.269 e. The van der Waals surface area contributed by atoms with Gasteiger partial charge in [-0.05, 0) is 35.6 Å². The molecule has 2 aromatic rings. The third-order valence-electron chi connectivity index (χ3n) is 2.65. The highest BCUT2D eigenvalue weighted by molar-refractivity contribution is 8.13. The van der Waals surface area contributed by atoms with Gasteiger partial charge >= 0.3 is 0 Å². The Morgan fingerprint density at radius 2 is 1.71 bits per heavy atom. The maximum absolute atomic E-state index is 5.89. The Balaban J connectivity index is 1.97. The molecule has 86 valence electrons. The second-order valence-electron chi connectivity index (χ2n) is 3.80. The van der Waals surface area contributed by atoms with Crippen LogP contribution in [0.15, 0.2) is 54.6 Å². The maximum Gasteiger partial charge on any atom is 0.269 e. The first kappa shape index (κ1) is 11.0. The first-order chi connectivity index (χ1) is 8.28. The van der Waals surface area contributed by atoms with Gasteiger partial charge in [0.05, 0.1) is 11.9 Å². The number of benzene rings is 2. The average molecular weight is 262 g/mol. The second-order valence-corrected chi connectivity index (χ2v) is 7.16. The van der Waals surface area contributed by atoms with Crippen molar-refractivity contribution >= 4 is 23.6 Å². The summed E-state index contributed by atoms with van der Waals surface area (Å²) in [6, 6.07) is 17.6. The van der Waals surface area contributed by atoms with E-state index in [4.69, 9.17) is 20.9 Å². The number of hydrogen-bond acceptors (Lipinski definition) is 3. The fourth-order valence-electron chi connectivity index (χ4n) is 1.82. The van der Waals surface area contributed by atoms with Crippen LogP contribution in [0.3, 0.4) is 0 Å². The Labute approximate surface area is 105 Å². The predicted molar refractivity (Wildman–Crippen MR) is 72.2 cm³/mol. The molecular weight excluding hydrogens is 251 g/mol. The fourth-order valence-corrected chi connectivity index (χ4v) is 4.53. The zero-order chi connectivity index (χ0) is 11.7. The van der Waals surface area contributed by atoms with Gasteiger partial charge in [0, 0.05) is 0 Å². The number of rotatable bonds is 2. The average Bonchev–Trinajstić information content (AvgIpc) is 2.69. The lowest BCUT2D eigenvalue weighted by molar-refractivity contribution is 0.322. The molecule has 1 heterocycles. The van der Waals surface area contributed by atoms with Crippen LogP contribution >= 0.6 is 6.49 Å². The van der Waals surface area contributed by atoms with E-state index >= 15 is 0 Å². The van der Waals surface area contributed by atoms with Crippen molar-refractivity contribution in [1.29, 1.82) is 0 Å². The Morgan fingerprint density at radius 3 is 2.53 bits per heavy atom. The summed E-state index contributed by atoms with van der Waals surface area (Å²) in [6.07, 6.45) is 0. The molecule has 0 saturated carbocycles. The molecule has 0 amide bonds. The number of para-hydroxylation sites is 1. The summed E-state index contributed by atoms with van der Waals surface area (Å²) in [5.74, 6) is 0.771. The van der Waals surface area contributed by atoms with Crippen LogP contribution in [0.25, 0.3) is 0 Å². The van der Waals surface area contributed by atoms with E-state index in [9.17, 15) is 0 Å². The molecule has 17 heavy (non-hydrogen) atoms. The first-order valence-electron chi connectivity index (χ1n) is 5.36. The highest BCUT2D eigenvalue weighted by atomic mass is 32.5. The van der Waals surface area contributed by atoms with E-state index < -0.39 is 6.49 Å². The number of hydrogen-bond donors (Lipinski definition) is 0. The van der Waals surface area contributed by atoms with Crippen LogP contribution in [0, 0.1) is 0 Å². The van der Waals surface area contributed by atoms with Gasteiger partial charge in [0.25, 0.3) is 6.49 Å². The van der Waals surface area contributed by atoms with Crippen molar-refractivity contribution in [3.63, 3.8) is 0 Å². The van der Waals surface area contributed by atoms with Crippen LogP contribution in [0.4, 0.5) is 0 Å². The van der Waals surface area contributed by atoms with E-state index in [0.29, 0.717) is 6.61 Å². The van der Waals surface area contributed by atoms with Gasteiger partial charge in [-0.3, -0.25) is 0 Å². The molecule has 0 N–H and O–H groups in total. The molecule has 2 aromatic carbocycles. The van der Waals surface area contributed by atoms with Crippen molar-refractivity contribution in [3.05, 3.63) is 60.2 Å². The minimum Gasteiger partial charge on any atom is -0.440 e. The minimum absolute atomic E-state index is 0.556. The van der Waals surface area contributed by atoms with Gasteiger partial charge in [0.2, 0.25) is 0 Å². The Kier molecular flexibility index (Phi) is 2.75. The molecule has 0 saturated heterocycles. The zero-order valence-electron chi connectivity index (χ0n) is 9.08. The molecule has 0 aliphatic carbocycles. The highest BCUT2D eigenvalue weighted by Gasteiger charge is 2.32. The molecule has 1 atom stereocenters. The van der Waals surface area contributed by atoms with Gasteiger partial charge < -0.3 is 9.05 Å². The van der Waals surface area contributed by atoms with Crippen molar-refractivity contribution < 1.29 is 9.05 Å². The standard InChI is InChI=1S/C13H11O2PS/c17-16(15-12-7-2-1-3-8-12)13-9-5-4-6-11(13)10-14-16/h1-9H,10H2. The van der Waals surface area contributed by atoms with E-state index in [1.54, 1.807) is 0 Å². The van der Waals surface area contributed by atoms with Gasteiger partial charge in [-0.25, -0.2) is 0 Å². The Morgan fingerprint density at radius 1 is 1.00 bits per heavy atom. The SMILES string of the molecule is S=P1(Oc2ccccc2)OCc2ccccc21. The van der Waals surface area contributed by atoms with E-state index in [2.05, 4.69) is 0 Å². The van der Waals surface area contributed by atoms with Gasteiger partial charge in [-0.2, -0.15) is 0 Å². The summed E-state index contributed by atoms with van der Waals surface area (Å²) in [6.45, 7) is -1.79. The summed E-state index contributed by atoms with van der Waals surface area (Å²) in [5, 5.41) is 1.04. The molecule has 0 spiro atoms. The topological polar surface area (TPSA) is 18.5 Å². The van der Waals surface area contributed by atoms with E-state index in [0.717, 1.165) is 16.6 Å². The molecule has 0 radical (unpaired) electrons. The third kappa shape index (κ3) is 2.02. The highest BCUT2D eigenvalue weighted by Crippen LogP contribution is 2.52. The summed E-state index contributed by atoms with van der Waals surface area (Å²) >= 11 is 5.57. The molecule has 1 aliphatic rings. The molecule has 1 aliphatic heterocycles. The maximum atomic E-state index is 5.89. The van der Waals surface area contributed by atoms with Gasteiger partial charge in [0.15, 0.2) is 0 Å². The van der Waals surface area contributed by atoms with Crippen molar-refractivity contribution in [2.24, 2.45) is 0 Å². The lowest BCUT2D eigenvalue weighted by Crippen LogP contribution is -2.06.